The van der Waals surface area contributed by atoms with Crippen LogP contribution in [-0.4, -0.2) is 57.6 Å². The number of H-pyrrole nitrogens is 1. The second kappa shape index (κ2) is 4.64. The minimum absolute atomic E-state index is 0.766. The van der Waals surface area contributed by atoms with Crippen LogP contribution in [0.4, 0.5) is 0 Å². The van der Waals surface area contributed by atoms with E-state index in [2.05, 4.69) is 38.6 Å². The van der Waals surface area contributed by atoms with Crippen LogP contribution < -0.4 is 5.01 Å². The number of nitrogens with zero attached hydrogens (tertiary/aromatic N) is 5. The number of imidazole rings is 1. The van der Waals surface area contributed by atoms with Crippen molar-refractivity contribution in [3.8, 4) is 0 Å². The van der Waals surface area contributed by atoms with Crippen molar-refractivity contribution in [3.63, 3.8) is 0 Å². The topological polar surface area (TPSA) is 45.0 Å². The molecule has 1 aliphatic heterocycles. The predicted octanol–water partition coefficient (Wildman–Crippen LogP) is 0.878. The maximum absolute atomic E-state index is 5.50. The van der Waals surface area contributed by atoms with E-state index in [4.69, 9.17) is 12.2 Å². The third-order valence-electron chi connectivity index (χ3n) is 3.81. The fraction of sp³-hybridized carbons (Fsp3) is 0.667. The molecule has 1 saturated heterocycles. The van der Waals surface area contributed by atoms with Gasteiger partial charge in [-0.1, -0.05) is 6.92 Å². The number of aromatic amines is 1. The molecule has 0 unspecified atom stereocenters. The van der Waals surface area contributed by atoms with Gasteiger partial charge in [0.15, 0.2) is 10.4 Å². The van der Waals surface area contributed by atoms with Crippen molar-refractivity contribution in [3.05, 3.63) is 10.5 Å². The Balaban J connectivity index is 2.10. The Labute approximate surface area is 117 Å². The van der Waals surface area contributed by atoms with E-state index in [1.54, 1.807) is 0 Å². The van der Waals surface area contributed by atoms with Crippen molar-refractivity contribution in [2.45, 2.75) is 13.3 Å². The molecule has 3 rings (SSSR count). The summed E-state index contributed by atoms with van der Waals surface area (Å²) in [5.41, 5.74) is 3.23. The number of aromatic nitrogens is 4. The van der Waals surface area contributed by atoms with Crippen LogP contribution in [0.5, 0.6) is 0 Å². The summed E-state index contributed by atoms with van der Waals surface area (Å²) in [4.78, 5) is 5.65. The van der Waals surface area contributed by atoms with E-state index in [-0.39, 0.29) is 0 Å². The van der Waals surface area contributed by atoms with Crippen molar-refractivity contribution < 1.29 is 0 Å². The molecular weight excluding hydrogens is 260 g/mol. The molecule has 104 valence electrons. The van der Waals surface area contributed by atoms with Gasteiger partial charge in [0, 0.05) is 33.2 Å². The molecule has 0 spiro atoms. The Morgan fingerprint density at radius 3 is 2.53 bits per heavy atom. The number of hydrogen-bond acceptors (Lipinski definition) is 4. The third-order valence-corrected chi connectivity index (χ3v) is 4.09. The summed E-state index contributed by atoms with van der Waals surface area (Å²) in [7, 11) is 4.14. The molecule has 0 amide bonds. The Bertz CT molecular complexity index is 643. The number of nitrogens with one attached hydrogen (secondary N) is 1. The molecule has 0 bridgehead atoms. The maximum Gasteiger partial charge on any atom is 0.198 e. The summed E-state index contributed by atoms with van der Waals surface area (Å²) < 4.78 is 4.81. The van der Waals surface area contributed by atoms with Gasteiger partial charge in [-0.05, 0) is 25.7 Å². The molecule has 2 aromatic rings. The monoisotopic (exact) mass is 280 g/mol. The van der Waals surface area contributed by atoms with E-state index < -0.39 is 0 Å². The van der Waals surface area contributed by atoms with Crippen LogP contribution in [0.25, 0.3) is 11.2 Å². The molecule has 6 nitrogen and oxygen atoms in total. The minimum atomic E-state index is 0.766. The van der Waals surface area contributed by atoms with Crippen LogP contribution >= 0.6 is 12.2 Å². The predicted molar refractivity (Wildman–Crippen MR) is 78.7 cm³/mol. The second-order valence-electron chi connectivity index (χ2n) is 5.12. The number of piperazine rings is 1. The smallest absolute Gasteiger partial charge is 0.198 e. The van der Waals surface area contributed by atoms with E-state index in [0.717, 1.165) is 54.2 Å². The first-order valence-electron chi connectivity index (χ1n) is 6.72. The van der Waals surface area contributed by atoms with Crippen LogP contribution in [0.2, 0.25) is 0 Å². The lowest BCUT2D eigenvalue weighted by Gasteiger charge is -2.34. The van der Waals surface area contributed by atoms with Crippen molar-refractivity contribution in [2.75, 3.05) is 38.2 Å². The lowest BCUT2D eigenvalue weighted by molar-refractivity contribution is 0.288. The van der Waals surface area contributed by atoms with Gasteiger partial charge >= 0.3 is 0 Å². The lowest BCUT2D eigenvalue weighted by atomic mass is 10.3. The molecule has 0 aromatic carbocycles. The van der Waals surface area contributed by atoms with Gasteiger partial charge in [0.2, 0.25) is 0 Å². The Morgan fingerprint density at radius 1 is 1.21 bits per heavy atom. The van der Waals surface area contributed by atoms with Gasteiger partial charge in [0.1, 0.15) is 5.52 Å². The zero-order valence-corrected chi connectivity index (χ0v) is 12.5. The van der Waals surface area contributed by atoms with Gasteiger partial charge in [-0.3, -0.25) is 0 Å². The molecule has 2 aromatic heterocycles. The molecule has 1 aliphatic rings. The first-order chi connectivity index (χ1) is 9.11. The highest BCUT2D eigenvalue weighted by molar-refractivity contribution is 7.71. The van der Waals surface area contributed by atoms with Gasteiger partial charge < -0.3 is 14.9 Å². The summed E-state index contributed by atoms with van der Waals surface area (Å²) in [6.07, 6.45) is 0.912. The molecule has 0 atom stereocenters. The van der Waals surface area contributed by atoms with Crippen molar-refractivity contribution in [1.29, 1.82) is 0 Å². The van der Waals surface area contributed by atoms with Gasteiger partial charge in [0.25, 0.3) is 0 Å². The molecule has 7 heteroatoms. The van der Waals surface area contributed by atoms with Crippen molar-refractivity contribution >= 4 is 23.4 Å². The molecule has 0 radical (unpaired) electrons. The van der Waals surface area contributed by atoms with E-state index in [1.165, 1.54) is 0 Å². The molecule has 3 heterocycles. The van der Waals surface area contributed by atoms with Gasteiger partial charge in [-0.15, -0.1) is 0 Å². The standard InChI is InChI=1S/C12H20N6S/c1-4-9-10-11(16(3)14-9)18(12(19)13-10)17-7-5-15(2)6-8-17/h4-8H2,1-3H3,(H,13,19). The number of fused-ring (bicyclic) bond motifs is 1. The molecule has 0 saturated carbocycles. The average molecular weight is 280 g/mol. The molecule has 0 aliphatic carbocycles. The van der Waals surface area contributed by atoms with E-state index in [1.807, 2.05) is 11.7 Å². The summed E-state index contributed by atoms with van der Waals surface area (Å²) in [6, 6.07) is 0. The molecule has 1 fully saturated rings. The number of rotatable bonds is 2. The third kappa shape index (κ3) is 1.97. The summed E-state index contributed by atoms with van der Waals surface area (Å²) in [5.74, 6) is 0. The normalized spacial score (nSPS) is 17.5. The van der Waals surface area contributed by atoms with Crippen LogP contribution in [0.1, 0.15) is 12.6 Å². The Kier molecular flexibility index (Phi) is 3.10. The fourth-order valence-corrected chi connectivity index (χ4v) is 3.01. The second-order valence-corrected chi connectivity index (χ2v) is 5.51. The number of hydrogen-bond donors (Lipinski definition) is 1. The van der Waals surface area contributed by atoms with E-state index >= 15 is 0 Å². The van der Waals surface area contributed by atoms with E-state index in [9.17, 15) is 0 Å². The first-order valence-corrected chi connectivity index (χ1v) is 7.13. The van der Waals surface area contributed by atoms with Gasteiger partial charge in [-0.25, -0.2) is 9.36 Å². The lowest BCUT2D eigenvalue weighted by Crippen LogP contribution is -2.50. The first kappa shape index (κ1) is 12.7. The molecule has 19 heavy (non-hydrogen) atoms. The fourth-order valence-electron chi connectivity index (χ4n) is 2.70. The van der Waals surface area contributed by atoms with Gasteiger partial charge in [0.05, 0.1) is 5.69 Å². The van der Waals surface area contributed by atoms with Gasteiger partial charge in [-0.2, -0.15) is 5.10 Å². The highest BCUT2D eigenvalue weighted by Gasteiger charge is 2.21. The number of likely N-dealkylation sites (N-methyl/N-ethyl adjacent to an activating group) is 1. The summed E-state index contributed by atoms with van der Waals surface area (Å²) >= 11 is 5.50. The van der Waals surface area contributed by atoms with Crippen molar-refractivity contribution in [1.82, 2.24) is 24.3 Å². The zero-order chi connectivity index (χ0) is 13.6. The van der Waals surface area contributed by atoms with Crippen LogP contribution in [0, 0.1) is 4.77 Å². The Hall–Kier alpha value is -1.34. The highest BCUT2D eigenvalue weighted by atomic mass is 32.1. The zero-order valence-electron chi connectivity index (χ0n) is 11.7. The SMILES string of the molecule is CCc1nn(C)c2c1[nH]c(=S)n2N1CCN(C)CC1. The highest BCUT2D eigenvalue weighted by Crippen LogP contribution is 2.19. The largest absolute Gasteiger partial charge is 0.326 e. The van der Waals surface area contributed by atoms with E-state index in [0.29, 0.717) is 0 Å². The quantitative estimate of drug-likeness (QED) is 0.830. The average Bonchev–Trinajstić information content (AvgIpc) is 2.88. The number of aryl methyl sites for hydroxylation is 2. The summed E-state index contributed by atoms with van der Waals surface area (Å²) in [6.45, 7) is 6.22. The maximum atomic E-state index is 5.50. The van der Waals surface area contributed by atoms with Crippen LogP contribution in [0.15, 0.2) is 0 Å². The Morgan fingerprint density at radius 2 is 1.89 bits per heavy atom. The van der Waals surface area contributed by atoms with Crippen molar-refractivity contribution in [2.24, 2.45) is 7.05 Å². The molecule has 1 N–H and O–H groups in total. The van der Waals surface area contributed by atoms with Crippen LogP contribution in [-0.2, 0) is 13.5 Å². The summed E-state index contributed by atoms with van der Waals surface area (Å²) in [5, 5.41) is 6.87. The minimum Gasteiger partial charge on any atom is -0.326 e. The van der Waals surface area contributed by atoms with Crippen LogP contribution in [0.3, 0.4) is 0 Å². The molecular formula is C12H20N6S.